The van der Waals surface area contributed by atoms with Crippen LogP contribution in [0.3, 0.4) is 0 Å². The van der Waals surface area contributed by atoms with Crippen molar-refractivity contribution in [1.29, 1.82) is 0 Å². The normalized spacial score (nSPS) is 17.6. The Bertz CT molecular complexity index is 565. The molecular weight excluding hydrogens is 246 g/mol. The highest BCUT2D eigenvalue weighted by atomic mass is 35.5. The lowest BCUT2D eigenvalue weighted by Crippen LogP contribution is -2.11. The minimum Gasteiger partial charge on any atom is -0.327 e. The van der Waals surface area contributed by atoms with Gasteiger partial charge in [0.25, 0.3) is 5.91 Å². The van der Waals surface area contributed by atoms with Crippen LogP contribution in [0.25, 0.3) is 0 Å². The van der Waals surface area contributed by atoms with Gasteiger partial charge in [0.05, 0.1) is 6.04 Å². The highest BCUT2D eigenvalue weighted by Gasteiger charge is 2.39. The molecule has 1 fully saturated rings. The first-order valence-corrected chi connectivity index (χ1v) is 6.25. The average molecular weight is 258 g/mol. The second-order valence-electron chi connectivity index (χ2n) is 4.39. The van der Waals surface area contributed by atoms with Crippen LogP contribution in [0.15, 0.2) is 54.6 Å². The molecule has 2 aromatic carbocycles. The van der Waals surface area contributed by atoms with Crippen LogP contribution in [0.5, 0.6) is 0 Å². The van der Waals surface area contributed by atoms with Gasteiger partial charge in [-0.05, 0) is 29.8 Å². The largest absolute Gasteiger partial charge is 0.327 e. The molecule has 1 aliphatic rings. The van der Waals surface area contributed by atoms with Crippen molar-refractivity contribution >= 4 is 17.5 Å². The predicted molar refractivity (Wildman–Crippen MR) is 71.7 cm³/mol. The smallest absolute Gasteiger partial charge is 0.254 e. The van der Waals surface area contributed by atoms with Crippen molar-refractivity contribution in [2.45, 2.75) is 6.04 Å². The highest BCUT2D eigenvalue weighted by Crippen LogP contribution is 2.35. The van der Waals surface area contributed by atoms with Crippen molar-refractivity contribution in [3.05, 3.63) is 70.7 Å². The molecule has 0 spiro atoms. The Balaban J connectivity index is 1.75. The Kier molecular flexibility index (Phi) is 2.80. The van der Waals surface area contributed by atoms with Gasteiger partial charge in [0, 0.05) is 17.1 Å². The molecule has 1 atom stereocenters. The quantitative estimate of drug-likeness (QED) is 0.754. The third-order valence-corrected chi connectivity index (χ3v) is 3.40. The van der Waals surface area contributed by atoms with Crippen LogP contribution in [0.2, 0.25) is 5.02 Å². The Morgan fingerprint density at radius 1 is 1.06 bits per heavy atom. The summed E-state index contributed by atoms with van der Waals surface area (Å²) in [6, 6.07) is 17.4. The van der Waals surface area contributed by atoms with Crippen LogP contribution < -0.4 is 0 Å². The van der Waals surface area contributed by atoms with Gasteiger partial charge in [-0.1, -0.05) is 41.9 Å². The molecule has 1 aliphatic heterocycles. The molecule has 3 heteroatoms. The molecule has 18 heavy (non-hydrogen) atoms. The summed E-state index contributed by atoms with van der Waals surface area (Å²) in [5, 5.41) is 0.650. The molecule has 0 N–H and O–H groups in total. The van der Waals surface area contributed by atoms with Gasteiger partial charge < -0.3 is 4.90 Å². The van der Waals surface area contributed by atoms with Crippen molar-refractivity contribution < 1.29 is 4.79 Å². The number of nitrogens with zero attached hydrogens (tertiary/aromatic N) is 1. The lowest BCUT2D eigenvalue weighted by molar-refractivity contribution is 0.0874. The molecular formula is C15H12ClNO. The van der Waals surface area contributed by atoms with E-state index < -0.39 is 0 Å². The summed E-state index contributed by atoms with van der Waals surface area (Å²) in [5.41, 5.74) is 1.89. The zero-order chi connectivity index (χ0) is 12.5. The van der Waals surface area contributed by atoms with Gasteiger partial charge >= 0.3 is 0 Å². The predicted octanol–water partition coefficient (Wildman–Crippen LogP) is 3.54. The molecule has 0 aromatic heterocycles. The maximum atomic E-state index is 12.2. The zero-order valence-electron chi connectivity index (χ0n) is 9.71. The van der Waals surface area contributed by atoms with E-state index in [4.69, 9.17) is 11.6 Å². The average Bonchev–Trinajstić information content (AvgIpc) is 3.20. The topological polar surface area (TPSA) is 20.1 Å². The first-order chi connectivity index (χ1) is 8.75. The lowest BCUT2D eigenvalue weighted by Gasteiger charge is -2.04. The van der Waals surface area contributed by atoms with Crippen LogP contribution in [-0.2, 0) is 0 Å². The van der Waals surface area contributed by atoms with Gasteiger partial charge in [0.2, 0.25) is 0 Å². The molecule has 2 aromatic rings. The summed E-state index contributed by atoms with van der Waals surface area (Å²) in [6.45, 7) is 0.797. The molecule has 1 heterocycles. The minimum absolute atomic E-state index is 0.0699. The number of carbonyl (C=O) groups is 1. The monoisotopic (exact) mass is 257 g/mol. The van der Waals surface area contributed by atoms with Gasteiger partial charge in [-0.25, -0.2) is 0 Å². The van der Waals surface area contributed by atoms with E-state index in [0.29, 0.717) is 10.6 Å². The number of amides is 1. The summed E-state index contributed by atoms with van der Waals surface area (Å²) >= 11 is 5.81. The van der Waals surface area contributed by atoms with Gasteiger partial charge in [-0.15, -0.1) is 0 Å². The first-order valence-electron chi connectivity index (χ1n) is 5.87. The maximum absolute atomic E-state index is 12.2. The summed E-state index contributed by atoms with van der Waals surface area (Å²) in [7, 11) is 0. The summed E-state index contributed by atoms with van der Waals surface area (Å²) in [4.78, 5) is 14.0. The maximum Gasteiger partial charge on any atom is 0.254 e. The van der Waals surface area contributed by atoms with E-state index in [1.54, 1.807) is 24.3 Å². The SMILES string of the molecule is O=C(c1ccc(Cl)cc1)N1CC1c1ccccc1. The van der Waals surface area contributed by atoms with Crippen LogP contribution in [0.4, 0.5) is 0 Å². The van der Waals surface area contributed by atoms with Crippen LogP contribution >= 0.6 is 11.6 Å². The molecule has 0 saturated carbocycles. The molecule has 0 bridgehead atoms. The third kappa shape index (κ3) is 2.12. The molecule has 0 radical (unpaired) electrons. The zero-order valence-corrected chi connectivity index (χ0v) is 10.5. The van der Waals surface area contributed by atoms with Gasteiger partial charge in [0.15, 0.2) is 0 Å². The van der Waals surface area contributed by atoms with Crippen molar-refractivity contribution in [3.8, 4) is 0 Å². The number of benzene rings is 2. The fourth-order valence-electron chi connectivity index (χ4n) is 2.08. The number of halogens is 1. The van der Waals surface area contributed by atoms with Crippen molar-refractivity contribution in [1.82, 2.24) is 4.90 Å². The van der Waals surface area contributed by atoms with Gasteiger partial charge in [-0.2, -0.15) is 0 Å². The molecule has 0 aliphatic carbocycles. The van der Waals surface area contributed by atoms with E-state index in [-0.39, 0.29) is 11.9 Å². The Hall–Kier alpha value is -1.80. The van der Waals surface area contributed by atoms with Crippen molar-refractivity contribution in [2.75, 3.05) is 6.54 Å². The van der Waals surface area contributed by atoms with Crippen LogP contribution in [-0.4, -0.2) is 17.4 Å². The van der Waals surface area contributed by atoms with E-state index in [9.17, 15) is 4.79 Å². The van der Waals surface area contributed by atoms with E-state index in [2.05, 4.69) is 12.1 Å². The Morgan fingerprint density at radius 2 is 1.72 bits per heavy atom. The minimum atomic E-state index is 0.0699. The standard InChI is InChI=1S/C15H12ClNO/c16-13-8-6-12(7-9-13)15(18)17-10-14(17)11-4-2-1-3-5-11/h1-9,14H,10H2. The fraction of sp³-hybridized carbons (Fsp3) is 0.133. The number of hydrogen-bond acceptors (Lipinski definition) is 1. The van der Waals surface area contributed by atoms with Gasteiger partial charge in [-0.3, -0.25) is 4.79 Å². The summed E-state index contributed by atoms with van der Waals surface area (Å²) < 4.78 is 0. The second-order valence-corrected chi connectivity index (χ2v) is 4.83. The molecule has 90 valence electrons. The Labute approximate surface area is 111 Å². The van der Waals surface area contributed by atoms with E-state index in [1.165, 1.54) is 5.56 Å². The number of rotatable bonds is 2. The van der Waals surface area contributed by atoms with Crippen LogP contribution in [0, 0.1) is 0 Å². The number of hydrogen-bond donors (Lipinski definition) is 0. The van der Waals surface area contributed by atoms with E-state index in [1.807, 2.05) is 23.1 Å². The highest BCUT2D eigenvalue weighted by molar-refractivity contribution is 6.30. The molecule has 1 amide bonds. The van der Waals surface area contributed by atoms with Crippen LogP contribution in [0.1, 0.15) is 22.0 Å². The molecule has 2 nitrogen and oxygen atoms in total. The lowest BCUT2D eigenvalue weighted by atomic mass is 10.1. The van der Waals surface area contributed by atoms with Crippen molar-refractivity contribution in [2.24, 2.45) is 0 Å². The molecule has 1 unspecified atom stereocenters. The molecule has 3 rings (SSSR count). The summed E-state index contributed by atoms with van der Waals surface area (Å²) in [5.74, 6) is 0.0699. The van der Waals surface area contributed by atoms with E-state index >= 15 is 0 Å². The van der Waals surface area contributed by atoms with E-state index in [0.717, 1.165) is 6.54 Å². The Morgan fingerprint density at radius 3 is 2.39 bits per heavy atom. The molecule has 1 saturated heterocycles. The fourth-order valence-corrected chi connectivity index (χ4v) is 2.21. The number of carbonyl (C=O) groups excluding carboxylic acids is 1. The third-order valence-electron chi connectivity index (χ3n) is 3.15. The van der Waals surface area contributed by atoms with Gasteiger partial charge in [0.1, 0.15) is 0 Å². The second kappa shape index (κ2) is 4.46. The van der Waals surface area contributed by atoms with Crippen molar-refractivity contribution in [3.63, 3.8) is 0 Å². The summed E-state index contributed by atoms with van der Waals surface area (Å²) in [6.07, 6.45) is 0. The first kappa shape index (κ1) is 11.3.